The highest BCUT2D eigenvalue weighted by molar-refractivity contribution is 5.74. The van der Waals surface area contributed by atoms with Crippen molar-refractivity contribution in [3.05, 3.63) is 22.4 Å². The number of amides is 1. The number of nitrogens with zero attached hydrogens (tertiary/aromatic N) is 1. The van der Waals surface area contributed by atoms with Crippen LogP contribution in [0.3, 0.4) is 0 Å². The van der Waals surface area contributed by atoms with E-state index in [9.17, 15) is 4.79 Å². The Morgan fingerprint density at radius 2 is 1.81 bits per heavy atom. The fourth-order valence-electron chi connectivity index (χ4n) is 1.31. The first-order chi connectivity index (χ1) is 7.47. The van der Waals surface area contributed by atoms with Crippen LogP contribution in [0.15, 0.2) is 0 Å². The number of hydrogen-bond donors (Lipinski definition) is 1. The van der Waals surface area contributed by atoms with Gasteiger partial charge < -0.3 is 4.84 Å². The maximum absolute atomic E-state index is 11.1. The smallest absolute Gasteiger partial charge is 0.252 e. The SMILES string of the molecule is CCC(=O)NOc1nc(C)c(C)c(C)c1C. The molecule has 0 aliphatic rings. The van der Waals surface area contributed by atoms with Crippen LogP contribution in [0.5, 0.6) is 5.88 Å². The van der Waals surface area contributed by atoms with Crippen LogP contribution in [0.25, 0.3) is 0 Å². The lowest BCUT2D eigenvalue weighted by molar-refractivity contribution is -0.127. The van der Waals surface area contributed by atoms with Crippen LogP contribution < -0.4 is 10.3 Å². The van der Waals surface area contributed by atoms with Crippen molar-refractivity contribution in [2.24, 2.45) is 0 Å². The fourth-order valence-corrected chi connectivity index (χ4v) is 1.31. The molecule has 16 heavy (non-hydrogen) atoms. The fraction of sp³-hybridized carbons (Fsp3) is 0.500. The summed E-state index contributed by atoms with van der Waals surface area (Å²) < 4.78 is 0. The predicted molar refractivity (Wildman–Crippen MR) is 62.2 cm³/mol. The number of carbonyl (C=O) groups is 1. The van der Waals surface area contributed by atoms with Gasteiger partial charge in [-0.15, -0.1) is 0 Å². The van der Waals surface area contributed by atoms with Gasteiger partial charge in [0.05, 0.1) is 0 Å². The molecule has 0 aliphatic heterocycles. The Morgan fingerprint density at radius 1 is 1.19 bits per heavy atom. The molecule has 0 saturated heterocycles. The molecule has 0 aliphatic carbocycles. The van der Waals surface area contributed by atoms with Gasteiger partial charge in [-0.3, -0.25) is 4.79 Å². The third-order valence-electron chi connectivity index (χ3n) is 2.84. The summed E-state index contributed by atoms with van der Waals surface area (Å²) in [5, 5.41) is 0. The summed E-state index contributed by atoms with van der Waals surface area (Å²) in [5.74, 6) is 0.319. The topological polar surface area (TPSA) is 51.2 Å². The largest absolute Gasteiger partial charge is 0.359 e. The average Bonchev–Trinajstić information content (AvgIpc) is 2.28. The van der Waals surface area contributed by atoms with Crippen LogP contribution in [0, 0.1) is 27.7 Å². The standard InChI is InChI=1S/C12H18N2O2/c1-6-11(15)14-16-12-9(4)7(2)8(3)10(5)13-12/h6H2,1-5H3,(H,14,15). The summed E-state index contributed by atoms with van der Waals surface area (Å²) in [6.07, 6.45) is 0.392. The van der Waals surface area contributed by atoms with Gasteiger partial charge in [-0.25, -0.2) is 4.98 Å². The number of nitrogens with one attached hydrogen (secondary N) is 1. The van der Waals surface area contributed by atoms with Gasteiger partial charge in [-0.1, -0.05) is 6.92 Å². The summed E-state index contributed by atoms with van der Waals surface area (Å²) >= 11 is 0. The van der Waals surface area contributed by atoms with Crippen molar-refractivity contribution in [1.82, 2.24) is 10.5 Å². The van der Waals surface area contributed by atoms with E-state index < -0.39 is 0 Å². The molecule has 1 aromatic heterocycles. The molecule has 1 heterocycles. The molecule has 0 unspecified atom stereocenters. The van der Waals surface area contributed by atoms with E-state index in [1.807, 2.05) is 27.7 Å². The Labute approximate surface area is 96.0 Å². The molecule has 88 valence electrons. The third-order valence-corrected chi connectivity index (χ3v) is 2.84. The van der Waals surface area contributed by atoms with E-state index in [0.29, 0.717) is 12.3 Å². The number of aromatic nitrogens is 1. The Kier molecular flexibility index (Phi) is 3.88. The number of aryl methyl sites for hydroxylation is 1. The number of pyridine rings is 1. The Bertz CT molecular complexity index is 414. The average molecular weight is 222 g/mol. The van der Waals surface area contributed by atoms with E-state index in [1.165, 1.54) is 0 Å². The molecule has 0 saturated carbocycles. The zero-order valence-electron chi connectivity index (χ0n) is 10.5. The summed E-state index contributed by atoms with van der Waals surface area (Å²) in [6.45, 7) is 9.68. The highest BCUT2D eigenvalue weighted by Crippen LogP contribution is 2.22. The van der Waals surface area contributed by atoms with Crippen LogP contribution in [0.2, 0.25) is 0 Å². The van der Waals surface area contributed by atoms with Crippen LogP contribution in [0.4, 0.5) is 0 Å². The van der Waals surface area contributed by atoms with Crippen molar-refractivity contribution in [2.75, 3.05) is 0 Å². The van der Waals surface area contributed by atoms with Gasteiger partial charge in [0.25, 0.3) is 5.91 Å². The lowest BCUT2D eigenvalue weighted by atomic mass is 10.1. The molecular formula is C12H18N2O2. The van der Waals surface area contributed by atoms with Gasteiger partial charge >= 0.3 is 0 Å². The van der Waals surface area contributed by atoms with E-state index in [2.05, 4.69) is 10.5 Å². The summed E-state index contributed by atoms with van der Waals surface area (Å²) in [7, 11) is 0. The maximum Gasteiger partial charge on any atom is 0.252 e. The summed E-state index contributed by atoms with van der Waals surface area (Å²) in [5.41, 5.74) is 6.55. The molecule has 4 nitrogen and oxygen atoms in total. The van der Waals surface area contributed by atoms with Crippen molar-refractivity contribution in [1.29, 1.82) is 0 Å². The van der Waals surface area contributed by atoms with Crippen molar-refractivity contribution < 1.29 is 9.63 Å². The Balaban J connectivity index is 2.93. The Hall–Kier alpha value is -1.58. The number of carbonyl (C=O) groups excluding carboxylic acids is 1. The number of hydroxylamine groups is 1. The zero-order chi connectivity index (χ0) is 12.3. The van der Waals surface area contributed by atoms with Crippen LogP contribution in [-0.2, 0) is 4.79 Å². The molecule has 0 atom stereocenters. The summed E-state index contributed by atoms with van der Waals surface area (Å²) in [4.78, 5) is 20.6. The predicted octanol–water partition coefficient (Wildman–Crippen LogP) is 2.14. The normalized spacial score (nSPS) is 10.1. The first-order valence-electron chi connectivity index (χ1n) is 5.37. The highest BCUT2D eigenvalue weighted by Gasteiger charge is 2.10. The van der Waals surface area contributed by atoms with Gasteiger partial charge in [0.2, 0.25) is 5.88 Å². The quantitative estimate of drug-likeness (QED) is 0.797. The molecule has 0 aromatic carbocycles. The lowest BCUT2D eigenvalue weighted by Gasteiger charge is -2.13. The molecular weight excluding hydrogens is 204 g/mol. The molecule has 0 bridgehead atoms. The molecule has 0 spiro atoms. The number of hydrogen-bond acceptors (Lipinski definition) is 3. The highest BCUT2D eigenvalue weighted by atomic mass is 16.7. The van der Waals surface area contributed by atoms with Crippen molar-refractivity contribution in [2.45, 2.75) is 41.0 Å². The second-order valence-electron chi connectivity index (χ2n) is 3.86. The third kappa shape index (κ3) is 2.51. The van der Waals surface area contributed by atoms with Gasteiger partial charge in [0.15, 0.2) is 0 Å². The minimum absolute atomic E-state index is 0.155. The van der Waals surface area contributed by atoms with Crippen molar-refractivity contribution in [3.8, 4) is 5.88 Å². The van der Waals surface area contributed by atoms with E-state index in [0.717, 1.165) is 22.4 Å². The maximum atomic E-state index is 11.1. The molecule has 1 rings (SSSR count). The van der Waals surface area contributed by atoms with E-state index >= 15 is 0 Å². The second kappa shape index (κ2) is 4.96. The number of rotatable bonds is 3. The van der Waals surface area contributed by atoms with Crippen molar-refractivity contribution in [3.63, 3.8) is 0 Å². The minimum atomic E-state index is -0.155. The van der Waals surface area contributed by atoms with Crippen LogP contribution in [-0.4, -0.2) is 10.9 Å². The van der Waals surface area contributed by atoms with Gasteiger partial charge in [-0.2, -0.15) is 5.48 Å². The lowest BCUT2D eigenvalue weighted by Crippen LogP contribution is -2.27. The van der Waals surface area contributed by atoms with Crippen molar-refractivity contribution >= 4 is 5.91 Å². The van der Waals surface area contributed by atoms with E-state index in [4.69, 9.17) is 4.84 Å². The molecule has 1 aromatic rings. The molecule has 0 radical (unpaired) electrons. The van der Waals surface area contributed by atoms with Crippen LogP contribution in [0.1, 0.15) is 35.7 Å². The second-order valence-corrected chi connectivity index (χ2v) is 3.86. The van der Waals surface area contributed by atoms with Crippen LogP contribution >= 0.6 is 0 Å². The van der Waals surface area contributed by atoms with E-state index in [1.54, 1.807) is 6.92 Å². The zero-order valence-corrected chi connectivity index (χ0v) is 10.5. The Morgan fingerprint density at radius 3 is 2.38 bits per heavy atom. The molecule has 0 fully saturated rings. The van der Waals surface area contributed by atoms with Gasteiger partial charge in [0.1, 0.15) is 0 Å². The van der Waals surface area contributed by atoms with E-state index in [-0.39, 0.29) is 5.91 Å². The monoisotopic (exact) mass is 222 g/mol. The molecule has 1 N–H and O–H groups in total. The minimum Gasteiger partial charge on any atom is -0.359 e. The molecule has 4 heteroatoms. The summed E-state index contributed by atoms with van der Waals surface area (Å²) in [6, 6.07) is 0. The molecule has 1 amide bonds. The van der Waals surface area contributed by atoms with Gasteiger partial charge in [0, 0.05) is 17.7 Å². The van der Waals surface area contributed by atoms with Gasteiger partial charge in [-0.05, 0) is 38.8 Å². The first kappa shape index (κ1) is 12.5. The first-order valence-corrected chi connectivity index (χ1v) is 5.37.